The number of nitro groups is 1. The smallest absolute Gasteiger partial charge is 0.271 e. The number of benzene rings is 3. The maximum Gasteiger partial charge on any atom is 0.271 e. The van der Waals surface area contributed by atoms with Crippen LogP contribution in [0.3, 0.4) is 0 Å². The van der Waals surface area contributed by atoms with Gasteiger partial charge in [0.1, 0.15) is 0 Å². The van der Waals surface area contributed by atoms with Crippen molar-refractivity contribution in [2.75, 3.05) is 5.32 Å². The van der Waals surface area contributed by atoms with Gasteiger partial charge >= 0.3 is 0 Å². The van der Waals surface area contributed by atoms with E-state index in [1.165, 1.54) is 28.7 Å². The molecule has 0 saturated carbocycles. The Labute approximate surface area is 171 Å². The fraction of sp³-hybridized carbons (Fsp3) is 0.0952. The summed E-state index contributed by atoms with van der Waals surface area (Å²) in [5.74, 6) is 0.418. The normalized spacial score (nSPS) is 10.5. The quantitative estimate of drug-likeness (QED) is 0.301. The minimum Gasteiger partial charge on any atom is -0.320 e. The van der Waals surface area contributed by atoms with Crippen molar-refractivity contribution in [3.05, 3.63) is 98.6 Å². The molecular formula is C21H17ClN2O3S. The molecule has 0 heterocycles. The summed E-state index contributed by atoms with van der Waals surface area (Å²) in [6.07, 6.45) is 0. The van der Waals surface area contributed by atoms with Crippen molar-refractivity contribution in [3.63, 3.8) is 0 Å². The molecule has 3 aromatic rings. The van der Waals surface area contributed by atoms with Crippen LogP contribution in [0.25, 0.3) is 0 Å². The van der Waals surface area contributed by atoms with Crippen LogP contribution in [0, 0.1) is 17.0 Å². The summed E-state index contributed by atoms with van der Waals surface area (Å²) in [6, 6.07) is 19.5. The van der Waals surface area contributed by atoms with Gasteiger partial charge in [-0.15, -0.1) is 11.8 Å². The zero-order valence-electron chi connectivity index (χ0n) is 15.0. The third kappa shape index (κ3) is 5.12. The summed E-state index contributed by atoms with van der Waals surface area (Å²) in [7, 11) is 0. The highest BCUT2D eigenvalue weighted by Crippen LogP contribution is 2.27. The lowest BCUT2D eigenvalue weighted by Gasteiger charge is -2.08. The van der Waals surface area contributed by atoms with E-state index < -0.39 is 4.92 Å². The molecule has 1 N–H and O–H groups in total. The molecule has 0 aliphatic heterocycles. The number of nitrogens with zero attached hydrogens (tertiary/aromatic N) is 1. The molecule has 3 rings (SSSR count). The van der Waals surface area contributed by atoms with Crippen molar-refractivity contribution in [1.82, 2.24) is 0 Å². The van der Waals surface area contributed by atoms with E-state index in [9.17, 15) is 14.9 Å². The van der Waals surface area contributed by atoms with Crippen molar-refractivity contribution in [3.8, 4) is 0 Å². The third-order valence-corrected chi connectivity index (χ3v) is 5.46. The SMILES string of the molecule is Cc1ccc(SCc2ccc(C(=O)Nc3cc([N+](=O)[O-])ccc3Cl)cc2)cc1. The van der Waals surface area contributed by atoms with Crippen molar-refractivity contribution in [2.24, 2.45) is 0 Å². The van der Waals surface area contributed by atoms with E-state index in [-0.39, 0.29) is 22.3 Å². The van der Waals surface area contributed by atoms with Crippen LogP contribution in [0.2, 0.25) is 5.02 Å². The lowest BCUT2D eigenvalue weighted by molar-refractivity contribution is -0.384. The number of amides is 1. The van der Waals surface area contributed by atoms with Crippen molar-refractivity contribution >= 4 is 40.6 Å². The molecule has 0 radical (unpaired) electrons. The number of non-ortho nitro benzene ring substituents is 1. The Morgan fingerprint density at radius 2 is 1.75 bits per heavy atom. The zero-order chi connectivity index (χ0) is 20.1. The van der Waals surface area contributed by atoms with Gasteiger partial charge in [-0.2, -0.15) is 0 Å². The van der Waals surface area contributed by atoms with Gasteiger partial charge < -0.3 is 5.32 Å². The fourth-order valence-electron chi connectivity index (χ4n) is 2.47. The monoisotopic (exact) mass is 412 g/mol. The van der Waals surface area contributed by atoms with Crippen molar-refractivity contribution in [1.29, 1.82) is 0 Å². The first-order valence-electron chi connectivity index (χ1n) is 8.46. The lowest BCUT2D eigenvalue weighted by atomic mass is 10.1. The van der Waals surface area contributed by atoms with Crippen LogP contribution in [-0.4, -0.2) is 10.8 Å². The summed E-state index contributed by atoms with van der Waals surface area (Å²) < 4.78 is 0. The minimum absolute atomic E-state index is 0.136. The van der Waals surface area contributed by atoms with Crippen LogP contribution in [-0.2, 0) is 5.75 Å². The van der Waals surface area contributed by atoms with E-state index in [0.29, 0.717) is 5.56 Å². The number of rotatable bonds is 6. The number of hydrogen-bond acceptors (Lipinski definition) is 4. The van der Waals surface area contributed by atoms with Gasteiger partial charge in [-0.25, -0.2) is 0 Å². The zero-order valence-corrected chi connectivity index (χ0v) is 16.6. The molecule has 28 heavy (non-hydrogen) atoms. The van der Waals surface area contributed by atoms with Gasteiger partial charge in [-0.05, 0) is 42.8 Å². The lowest BCUT2D eigenvalue weighted by Crippen LogP contribution is -2.12. The highest BCUT2D eigenvalue weighted by Gasteiger charge is 2.13. The second-order valence-corrected chi connectivity index (χ2v) is 7.63. The van der Waals surface area contributed by atoms with Crippen LogP contribution in [0.1, 0.15) is 21.5 Å². The Kier molecular flexibility index (Phi) is 6.34. The molecule has 0 aliphatic carbocycles. The van der Waals surface area contributed by atoms with E-state index in [1.54, 1.807) is 23.9 Å². The van der Waals surface area contributed by atoms with Gasteiger partial charge in [0.05, 0.1) is 15.6 Å². The molecule has 1 amide bonds. The second kappa shape index (κ2) is 8.91. The predicted molar refractivity (Wildman–Crippen MR) is 113 cm³/mol. The molecule has 0 aliphatic rings. The van der Waals surface area contributed by atoms with Crippen LogP contribution < -0.4 is 5.32 Å². The Morgan fingerprint density at radius 3 is 2.39 bits per heavy atom. The number of carbonyl (C=O) groups is 1. The topological polar surface area (TPSA) is 72.2 Å². The summed E-state index contributed by atoms with van der Waals surface area (Å²) in [6.45, 7) is 2.05. The number of halogens is 1. The van der Waals surface area contributed by atoms with E-state index in [1.807, 2.05) is 12.1 Å². The number of anilines is 1. The average molecular weight is 413 g/mol. The summed E-state index contributed by atoms with van der Waals surface area (Å²) in [5, 5.41) is 13.8. The second-order valence-electron chi connectivity index (χ2n) is 6.17. The highest BCUT2D eigenvalue weighted by molar-refractivity contribution is 7.98. The van der Waals surface area contributed by atoms with Gasteiger partial charge in [-0.1, -0.05) is 41.4 Å². The van der Waals surface area contributed by atoms with Gasteiger partial charge in [0.25, 0.3) is 11.6 Å². The fourth-order valence-corrected chi connectivity index (χ4v) is 3.49. The average Bonchev–Trinajstić information content (AvgIpc) is 2.69. The Hall–Kier alpha value is -2.83. The maximum absolute atomic E-state index is 12.4. The van der Waals surface area contributed by atoms with Crippen LogP contribution in [0.5, 0.6) is 0 Å². The van der Waals surface area contributed by atoms with Crippen molar-refractivity contribution in [2.45, 2.75) is 17.6 Å². The molecule has 0 bridgehead atoms. The highest BCUT2D eigenvalue weighted by atomic mass is 35.5. The molecule has 0 unspecified atom stereocenters. The molecule has 0 aromatic heterocycles. The number of nitrogens with one attached hydrogen (secondary N) is 1. The molecular weight excluding hydrogens is 396 g/mol. The molecule has 142 valence electrons. The number of aryl methyl sites for hydroxylation is 1. The van der Waals surface area contributed by atoms with Gasteiger partial charge in [0, 0.05) is 28.3 Å². The van der Waals surface area contributed by atoms with Crippen molar-refractivity contribution < 1.29 is 9.72 Å². The predicted octanol–water partition coefficient (Wildman–Crippen LogP) is 6.10. The first-order valence-corrected chi connectivity index (χ1v) is 9.82. The summed E-state index contributed by atoms with van der Waals surface area (Å²) in [4.78, 5) is 24.0. The summed E-state index contributed by atoms with van der Waals surface area (Å²) in [5.41, 5.74) is 2.84. The standard InChI is InChI=1S/C21H17ClN2O3S/c1-14-2-9-18(10-3-14)28-13-15-4-6-16(7-5-15)21(25)23-20-12-17(24(26)27)8-11-19(20)22/h2-12H,13H2,1H3,(H,23,25). The molecule has 0 saturated heterocycles. The third-order valence-electron chi connectivity index (χ3n) is 4.05. The van der Waals surface area contributed by atoms with E-state index in [0.717, 1.165) is 11.3 Å². The van der Waals surface area contributed by atoms with Gasteiger partial charge in [0.2, 0.25) is 0 Å². The van der Waals surface area contributed by atoms with Crippen LogP contribution in [0.4, 0.5) is 11.4 Å². The number of nitro benzene ring substituents is 1. The molecule has 5 nitrogen and oxygen atoms in total. The first kappa shape index (κ1) is 19.9. The number of hydrogen-bond donors (Lipinski definition) is 1. The largest absolute Gasteiger partial charge is 0.320 e. The molecule has 3 aromatic carbocycles. The molecule has 0 fully saturated rings. The number of thioether (sulfide) groups is 1. The van der Waals surface area contributed by atoms with E-state index >= 15 is 0 Å². The molecule has 0 spiro atoms. The number of carbonyl (C=O) groups excluding carboxylic acids is 1. The Balaban J connectivity index is 1.64. The maximum atomic E-state index is 12.4. The van der Waals surface area contributed by atoms with Gasteiger partial charge in [-0.3, -0.25) is 14.9 Å². The van der Waals surface area contributed by atoms with Crippen LogP contribution in [0.15, 0.2) is 71.6 Å². The van der Waals surface area contributed by atoms with E-state index in [2.05, 4.69) is 36.5 Å². The molecule has 0 atom stereocenters. The molecule has 7 heteroatoms. The van der Waals surface area contributed by atoms with E-state index in [4.69, 9.17) is 11.6 Å². The Bertz CT molecular complexity index is 1010. The van der Waals surface area contributed by atoms with Gasteiger partial charge in [0.15, 0.2) is 0 Å². The summed E-state index contributed by atoms with van der Waals surface area (Å²) >= 11 is 7.75. The first-order chi connectivity index (χ1) is 13.4. The van der Waals surface area contributed by atoms with Crippen LogP contribution >= 0.6 is 23.4 Å². The minimum atomic E-state index is -0.535. The Morgan fingerprint density at radius 1 is 1.07 bits per heavy atom.